The second-order valence-electron chi connectivity index (χ2n) is 9.41. The van der Waals surface area contributed by atoms with Crippen LogP contribution in [0, 0.1) is 0 Å². The minimum absolute atomic E-state index is 0.233. The summed E-state index contributed by atoms with van der Waals surface area (Å²) in [6.45, 7) is 5.37. The van der Waals surface area contributed by atoms with E-state index in [1.807, 2.05) is 0 Å². The first kappa shape index (κ1) is 20.9. The molecule has 0 bridgehead atoms. The van der Waals surface area contributed by atoms with Crippen LogP contribution in [-0.4, -0.2) is 71.7 Å². The Morgan fingerprint density at radius 2 is 1.94 bits per heavy atom. The summed E-state index contributed by atoms with van der Waals surface area (Å²) in [6.07, 6.45) is 1.91. The van der Waals surface area contributed by atoms with Gasteiger partial charge in [-0.1, -0.05) is 36.4 Å². The van der Waals surface area contributed by atoms with E-state index in [0.29, 0.717) is 6.54 Å². The van der Waals surface area contributed by atoms with Gasteiger partial charge in [-0.25, -0.2) is 4.98 Å². The van der Waals surface area contributed by atoms with E-state index in [1.165, 1.54) is 27.5 Å². The molecule has 1 fully saturated rings. The number of aliphatic hydroxyl groups excluding tert-OH is 1. The molecule has 6 rings (SSSR count). The molecule has 4 heterocycles. The molecule has 2 aliphatic heterocycles. The Morgan fingerprint density at radius 3 is 2.79 bits per heavy atom. The molecule has 2 aromatic heterocycles. The largest absolute Gasteiger partial charge is 0.392 e. The normalized spacial score (nSPS) is 21.0. The fraction of sp³-hybridized carbons (Fsp3) is 0.423. The summed E-state index contributed by atoms with van der Waals surface area (Å²) >= 11 is 0. The van der Waals surface area contributed by atoms with Gasteiger partial charge in [0.05, 0.1) is 40.0 Å². The average molecular weight is 445 g/mol. The van der Waals surface area contributed by atoms with Crippen molar-refractivity contribution in [3.8, 4) is 0 Å². The molecular weight excluding hydrogens is 412 g/mol. The Kier molecular flexibility index (Phi) is 5.42. The Morgan fingerprint density at radius 1 is 1.12 bits per heavy atom. The van der Waals surface area contributed by atoms with E-state index in [1.54, 1.807) is 0 Å². The van der Waals surface area contributed by atoms with Crippen molar-refractivity contribution in [3.63, 3.8) is 0 Å². The quantitative estimate of drug-likeness (QED) is 0.314. The van der Waals surface area contributed by atoms with Gasteiger partial charge in [-0.05, 0) is 25.6 Å². The highest BCUT2D eigenvalue weighted by Crippen LogP contribution is 2.40. The van der Waals surface area contributed by atoms with Crippen LogP contribution in [-0.2, 0) is 6.54 Å². The van der Waals surface area contributed by atoms with Crippen LogP contribution in [0.3, 0.4) is 0 Å². The summed E-state index contributed by atoms with van der Waals surface area (Å²) in [5, 5.41) is 19.3. The Labute approximate surface area is 194 Å². The third-order valence-corrected chi connectivity index (χ3v) is 7.22. The predicted molar refractivity (Wildman–Crippen MR) is 135 cm³/mol. The van der Waals surface area contributed by atoms with Crippen molar-refractivity contribution >= 4 is 38.5 Å². The third-order valence-electron chi connectivity index (χ3n) is 7.22. The molecule has 2 atom stereocenters. The van der Waals surface area contributed by atoms with Gasteiger partial charge in [0.1, 0.15) is 0 Å². The standard InChI is InChI=1S/C26H32N6O/c1-30(23-15-18(33)16-28-23)17-27-11-14-31-12-6-13-32-22-10-5-3-8-20(22)24-26(32)25(31)19-7-2-4-9-21(19)29-24/h2-5,7-10,18,23,27-28,33H,6,11-17H2,1H3/t18-,23?/m1/s1. The summed E-state index contributed by atoms with van der Waals surface area (Å²) in [6, 6.07) is 17.2. The number of nitrogens with one attached hydrogen (secondary N) is 2. The van der Waals surface area contributed by atoms with E-state index in [0.717, 1.165) is 56.7 Å². The van der Waals surface area contributed by atoms with Crippen LogP contribution in [0.2, 0.25) is 0 Å². The molecule has 0 saturated carbocycles. The number of hydrogen-bond donors (Lipinski definition) is 3. The van der Waals surface area contributed by atoms with Crippen LogP contribution in [0.15, 0.2) is 48.5 Å². The molecule has 7 heteroatoms. The number of para-hydroxylation sites is 2. The lowest BCUT2D eigenvalue weighted by Gasteiger charge is -2.27. The molecule has 0 amide bonds. The first-order chi connectivity index (χ1) is 16.2. The zero-order chi connectivity index (χ0) is 22.4. The Hall–Kier alpha value is -2.71. The second kappa shape index (κ2) is 8.57. The van der Waals surface area contributed by atoms with Crippen LogP contribution in [0.5, 0.6) is 0 Å². The summed E-state index contributed by atoms with van der Waals surface area (Å²) in [4.78, 5) is 9.92. The fourth-order valence-electron chi connectivity index (χ4n) is 5.58. The average Bonchev–Trinajstić information content (AvgIpc) is 3.34. The van der Waals surface area contributed by atoms with Crippen LogP contribution in [0.4, 0.5) is 5.69 Å². The molecule has 1 unspecified atom stereocenters. The highest BCUT2D eigenvalue weighted by atomic mass is 16.3. The van der Waals surface area contributed by atoms with Crippen molar-refractivity contribution in [3.05, 3.63) is 48.5 Å². The minimum Gasteiger partial charge on any atom is -0.392 e. The summed E-state index contributed by atoms with van der Waals surface area (Å²) in [5.74, 6) is 0. The van der Waals surface area contributed by atoms with Crippen molar-refractivity contribution in [2.24, 2.45) is 0 Å². The fourth-order valence-corrected chi connectivity index (χ4v) is 5.58. The zero-order valence-electron chi connectivity index (χ0n) is 19.2. The molecular formula is C26H32N6O. The minimum atomic E-state index is -0.233. The number of benzene rings is 2. The molecule has 0 spiro atoms. The van der Waals surface area contributed by atoms with E-state index in [2.05, 4.69) is 80.6 Å². The van der Waals surface area contributed by atoms with Gasteiger partial charge in [0.25, 0.3) is 0 Å². The number of aryl methyl sites for hydroxylation is 1. The summed E-state index contributed by atoms with van der Waals surface area (Å²) in [5.41, 5.74) is 6.05. The van der Waals surface area contributed by atoms with Crippen molar-refractivity contribution in [2.75, 3.05) is 44.8 Å². The van der Waals surface area contributed by atoms with Crippen LogP contribution >= 0.6 is 0 Å². The van der Waals surface area contributed by atoms with Crippen molar-refractivity contribution in [1.82, 2.24) is 25.1 Å². The van der Waals surface area contributed by atoms with E-state index < -0.39 is 0 Å². The Bertz CT molecular complexity index is 1300. The lowest BCUT2D eigenvalue weighted by molar-refractivity contribution is 0.163. The van der Waals surface area contributed by atoms with E-state index in [4.69, 9.17) is 4.98 Å². The lowest BCUT2D eigenvalue weighted by Crippen LogP contribution is -2.45. The van der Waals surface area contributed by atoms with Crippen LogP contribution in [0.1, 0.15) is 12.8 Å². The highest BCUT2D eigenvalue weighted by molar-refractivity contribution is 6.16. The van der Waals surface area contributed by atoms with Gasteiger partial charge in [0.15, 0.2) is 0 Å². The third kappa shape index (κ3) is 3.65. The number of fused-ring (bicyclic) bond motifs is 5. The maximum atomic E-state index is 9.79. The SMILES string of the molecule is CN(CNCCN1CCCn2c3ccccc3c3nc4ccccc4c1c32)C1C[C@@H](O)CN1. The summed E-state index contributed by atoms with van der Waals surface area (Å²) in [7, 11) is 2.10. The van der Waals surface area contributed by atoms with E-state index in [9.17, 15) is 5.11 Å². The predicted octanol–water partition coefficient (Wildman–Crippen LogP) is 2.71. The number of hydrogen-bond acceptors (Lipinski definition) is 6. The molecule has 0 aliphatic carbocycles. The van der Waals surface area contributed by atoms with Gasteiger partial charge in [-0.3, -0.25) is 10.2 Å². The second-order valence-corrected chi connectivity index (χ2v) is 9.41. The number of nitrogens with zero attached hydrogens (tertiary/aromatic N) is 4. The number of rotatable bonds is 6. The van der Waals surface area contributed by atoms with Crippen molar-refractivity contribution in [2.45, 2.75) is 31.7 Å². The first-order valence-corrected chi connectivity index (χ1v) is 12.1. The number of aliphatic hydroxyl groups is 1. The molecule has 4 aromatic rings. The maximum absolute atomic E-state index is 9.79. The summed E-state index contributed by atoms with van der Waals surface area (Å²) < 4.78 is 2.48. The molecule has 2 aliphatic rings. The zero-order valence-corrected chi connectivity index (χ0v) is 19.2. The van der Waals surface area contributed by atoms with Crippen molar-refractivity contribution < 1.29 is 5.11 Å². The van der Waals surface area contributed by atoms with Gasteiger partial charge in [0.2, 0.25) is 0 Å². The molecule has 0 radical (unpaired) electrons. The van der Waals surface area contributed by atoms with Crippen LogP contribution < -0.4 is 15.5 Å². The van der Waals surface area contributed by atoms with Crippen LogP contribution in [0.25, 0.3) is 32.8 Å². The Balaban J connectivity index is 1.31. The maximum Gasteiger partial charge on any atom is 0.0988 e. The van der Waals surface area contributed by atoms with E-state index >= 15 is 0 Å². The molecule has 33 heavy (non-hydrogen) atoms. The molecule has 2 aromatic carbocycles. The molecule has 3 N–H and O–H groups in total. The molecule has 7 nitrogen and oxygen atoms in total. The van der Waals surface area contributed by atoms with E-state index in [-0.39, 0.29) is 12.3 Å². The van der Waals surface area contributed by atoms with Gasteiger partial charge in [-0.15, -0.1) is 0 Å². The topological polar surface area (TPSA) is 68.6 Å². The molecule has 172 valence electrons. The van der Waals surface area contributed by atoms with Gasteiger partial charge in [-0.2, -0.15) is 0 Å². The monoisotopic (exact) mass is 444 g/mol. The first-order valence-electron chi connectivity index (χ1n) is 12.1. The van der Waals surface area contributed by atoms with Gasteiger partial charge in [0, 0.05) is 56.6 Å². The molecule has 1 saturated heterocycles. The van der Waals surface area contributed by atoms with Gasteiger partial charge < -0.3 is 19.9 Å². The number of aromatic nitrogens is 2. The van der Waals surface area contributed by atoms with Crippen molar-refractivity contribution in [1.29, 1.82) is 0 Å². The number of pyridine rings is 1. The smallest absolute Gasteiger partial charge is 0.0988 e. The number of anilines is 1. The highest BCUT2D eigenvalue weighted by Gasteiger charge is 2.26. The van der Waals surface area contributed by atoms with Gasteiger partial charge >= 0.3 is 0 Å². The lowest BCUT2D eigenvalue weighted by atomic mass is 10.1. The number of β-amino-alcohol motifs (C(OH)–C–C–N with tert-alkyl or cyclic N) is 1.